The molecule has 0 bridgehead atoms. The zero-order valence-corrected chi connectivity index (χ0v) is 16.4. The first-order chi connectivity index (χ1) is 14.0. The smallest absolute Gasteiger partial charge is 0.264 e. The number of likely N-dealkylation sites (tertiary alicyclic amines) is 1. The van der Waals surface area contributed by atoms with Gasteiger partial charge in [-0.1, -0.05) is 35.5 Å². The van der Waals surface area contributed by atoms with Gasteiger partial charge in [-0.2, -0.15) is 0 Å². The summed E-state index contributed by atoms with van der Waals surface area (Å²) >= 11 is 0. The summed E-state index contributed by atoms with van der Waals surface area (Å²) in [6.45, 7) is 4.72. The lowest BCUT2D eigenvalue weighted by molar-refractivity contribution is -0.133. The van der Waals surface area contributed by atoms with Gasteiger partial charge in [0.1, 0.15) is 0 Å². The van der Waals surface area contributed by atoms with E-state index in [2.05, 4.69) is 10.1 Å². The van der Waals surface area contributed by atoms with Crippen molar-refractivity contribution in [3.63, 3.8) is 0 Å². The average molecular weight is 399 g/mol. The molecule has 1 atom stereocenters. The third-order valence-corrected chi connectivity index (χ3v) is 5.80. The van der Waals surface area contributed by atoms with Crippen molar-refractivity contribution in [1.82, 2.24) is 15.0 Å². The second-order valence-corrected chi connectivity index (χ2v) is 7.62. The third-order valence-electron chi connectivity index (χ3n) is 5.80. The fraction of sp³-hybridized carbons (Fsp3) is 0.409. The van der Waals surface area contributed by atoms with Crippen LogP contribution >= 0.6 is 0 Å². The number of alkyl halides is 2. The van der Waals surface area contributed by atoms with Crippen molar-refractivity contribution in [2.75, 3.05) is 13.1 Å². The van der Waals surface area contributed by atoms with Crippen LogP contribution in [0.1, 0.15) is 60.5 Å². The van der Waals surface area contributed by atoms with E-state index in [0.717, 1.165) is 5.56 Å². The maximum absolute atomic E-state index is 13.6. The van der Waals surface area contributed by atoms with Crippen molar-refractivity contribution in [2.45, 2.75) is 45.0 Å². The summed E-state index contributed by atoms with van der Waals surface area (Å²) in [4.78, 5) is 19.2. The number of hydrogen-bond acceptors (Lipinski definition) is 4. The minimum atomic E-state index is -2.62. The zero-order chi connectivity index (χ0) is 20.5. The molecule has 7 heteroatoms. The van der Waals surface area contributed by atoms with E-state index in [-0.39, 0.29) is 29.0 Å². The molecule has 1 fully saturated rings. The molecule has 1 aliphatic rings. The van der Waals surface area contributed by atoms with E-state index in [1.165, 1.54) is 6.07 Å². The van der Waals surface area contributed by atoms with Gasteiger partial charge in [0.05, 0.1) is 17.0 Å². The summed E-state index contributed by atoms with van der Waals surface area (Å²) in [5.74, 6) is -0.0968. The topological polar surface area (TPSA) is 59.2 Å². The standard InChI is InChI=1S/C22H23F2N3O2/c1-13(15-6-4-3-5-7-15)22(28)27-10-8-16(9-11-27)18-12-17(20(23)24)19-14(2)26-29-21(19)25-18/h3-7,12-13,16,20H,8-11H2,1-2H3/t13-/m0/s1. The van der Waals surface area contributed by atoms with Gasteiger partial charge in [-0.05, 0) is 38.3 Å². The Kier molecular flexibility index (Phi) is 5.30. The van der Waals surface area contributed by atoms with Crippen molar-refractivity contribution < 1.29 is 18.1 Å². The molecule has 1 amide bonds. The number of fused-ring (bicyclic) bond motifs is 1. The molecule has 0 saturated carbocycles. The van der Waals surface area contributed by atoms with Crippen molar-refractivity contribution in [2.24, 2.45) is 0 Å². The zero-order valence-electron chi connectivity index (χ0n) is 16.4. The Hall–Kier alpha value is -2.83. The fourth-order valence-corrected chi connectivity index (χ4v) is 4.08. The van der Waals surface area contributed by atoms with Gasteiger partial charge in [-0.15, -0.1) is 0 Å². The second-order valence-electron chi connectivity index (χ2n) is 7.62. The maximum Gasteiger partial charge on any atom is 0.264 e. The highest BCUT2D eigenvalue weighted by Gasteiger charge is 2.29. The molecule has 1 aliphatic heterocycles. The van der Waals surface area contributed by atoms with E-state index in [4.69, 9.17) is 4.52 Å². The molecular weight excluding hydrogens is 376 g/mol. The first-order valence-electron chi connectivity index (χ1n) is 9.84. The van der Waals surface area contributed by atoms with Gasteiger partial charge in [-0.25, -0.2) is 13.8 Å². The first kappa shape index (κ1) is 19.5. The molecule has 4 rings (SSSR count). The number of halogens is 2. The van der Waals surface area contributed by atoms with Gasteiger partial charge in [0, 0.05) is 30.3 Å². The lowest BCUT2D eigenvalue weighted by Gasteiger charge is -2.33. The molecule has 0 spiro atoms. The van der Waals surface area contributed by atoms with E-state index < -0.39 is 6.43 Å². The molecule has 29 heavy (non-hydrogen) atoms. The summed E-state index contributed by atoms with van der Waals surface area (Å²) in [6.07, 6.45) is -1.26. The van der Waals surface area contributed by atoms with Gasteiger partial charge in [0.25, 0.3) is 12.1 Å². The number of aromatic nitrogens is 2. The predicted octanol–water partition coefficient (Wildman–Crippen LogP) is 4.98. The van der Waals surface area contributed by atoms with Gasteiger partial charge >= 0.3 is 0 Å². The normalized spacial score (nSPS) is 16.5. The molecule has 5 nitrogen and oxygen atoms in total. The Balaban J connectivity index is 1.49. The number of pyridine rings is 1. The number of carbonyl (C=O) groups is 1. The van der Waals surface area contributed by atoms with E-state index >= 15 is 0 Å². The number of hydrogen-bond donors (Lipinski definition) is 0. The molecule has 3 heterocycles. The van der Waals surface area contributed by atoms with Crippen LogP contribution in [0.25, 0.3) is 11.1 Å². The molecule has 0 unspecified atom stereocenters. The third kappa shape index (κ3) is 3.73. The highest BCUT2D eigenvalue weighted by molar-refractivity contribution is 5.83. The summed E-state index contributed by atoms with van der Waals surface area (Å²) in [5.41, 5.74) is 2.08. The number of carbonyl (C=O) groups excluding carboxylic acids is 1. The molecule has 1 saturated heterocycles. The Morgan fingerprint density at radius 2 is 1.90 bits per heavy atom. The molecule has 0 N–H and O–H groups in total. The van der Waals surface area contributed by atoms with Crippen LogP contribution in [0.5, 0.6) is 0 Å². The highest BCUT2D eigenvalue weighted by atomic mass is 19.3. The summed E-state index contributed by atoms with van der Waals surface area (Å²) in [6, 6.07) is 11.2. The van der Waals surface area contributed by atoms with Gasteiger partial charge in [-0.3, -0.25) is 4.79 Å². The Morgan fingerprint density at radius 1 is 1.21 bits per heavy atom. The SMILES string of the molecule is Cc1noc2nc(C3CCN(C(=O)[C@@H](C)c4ccccc4)CC3)cc(C(F)F)c12. The quantitative estimate of drug-likeness (QED) is 0.621. The van der Waals surface area contributed by atoms with Gasteiger partial charge in [0.2, 0.25) is 5.91 Å². The second kappa shape index (κ2) is 7.89. The Morgan fingerprint density at radius 3 is 2.55 bits per heavy atom. The van der Waals surface area contributed by atoms with Crippen LogP contribution in [0.2, 0.25) is 0 Å². The van der Waals surface area contributed by atoms with Crippen molar-refractivity contribution in [3.8, 4) is 0 Å². The van der Waals surface area contributed by atoms with Crippen LogP contribution in [0.4, 0.5) is 8.78 Å². The lowest BCUT2D eigenvalue weighted by atomic mass is 9.90. The van der Waals surface area contributed by atoms with Crippen LogP contribution in [0.15, 0.2) is 40.9 Å². The average Bonchev–Trinajstić information content (AvgIpc) is 3.13. The number of rotatable bonds is 4. The molecule has 152 valence electrons. The van der Waals surface area contributed by atoms with Crippen molar-refractivity contribution in [1.29, 1.82) is 0 Å². The lowest BCUT2D eigenvalue weighted by Crippen LogP contribution is -2.40. The van der Waals surface area contributed by atoms with E-state index in [1.54, 1.807) is 6.92 Å². The Bertz CT molecular complexity index is 1010. The molecule has 3 aromatic rings. The van der Waals surface area contributed by atoms with Crippen LogP contribution in [0, 0.1) is 6.92 Å². The number of nitrogens with zero attached hydrogens (tertiary/aromatic N) is 3. The molecule has 2 aromatic heterocycles. The van der Waals surface area contributed by atoms with Crippen LogP contribution in [0.3, 0.4) is 0 Å². The van der Waals surface area contributed by atoms with Crippen LogP contribution < -0.4 is 0 Å². The summed E-state index contributed by atoms with van der Waals surface area (Å²) < 4.78 is 32.3. The fourth-order valence-electron chi connectivity index (χ4n) is 4.08. The van der Waals surface area contributed by atoms with E-state index in [0.29, 0.717) is 42.7 Å². The summed E-state index contributed by atoms with van der Waals surface area (Å²) in [7, 11) is 0. The summed E-state index contributed by atoms with van der Waals surface area (Å²) in [5, 5.41) is 4.08. The van der Waals surface area contributed by atoms with Crippen LogP contribution in [-0.4, -0.2) is 34.0 Å². The Labute approximate surface area is 167 Å². The largest absolute Gasteiger partial charge is 0.342 e. The highest BCUT2D eigenvalue weighted by Crippen LogP contribution is 2.35. The van der Waals surface area contributed by atoms with E-state index in [9.17, 15) is 13.6 Å². The minimum Gasteiger partial charge on any atom is -0.342 e. The minimum absolute atomic E-state index is 0.0124. The monoisotopic (exact) mass is 399 g/mol. The maximum atomic E-state index is 13.6. The van der Waals surface area contributed by atoms with Crippen LogP contribution in [-0.2, 0) is 4.79 Å². The number of aryl methyl sites for hydroxylation is 1. The predicted molar refractivity (Wildman–Crippen MR) is 105 cm³/mol. The number of benzene rings is 1. The number of amides is 1. The van der Waals surface area contributed by atoms with E-state index in [1.807, 2.05) is 42.2 Å². The van der Waals surface area contributed by atoms with Gasteiger partial charge < -0.3 is 9.42 Å². The first-order valence-corrected chi connectivity index (χ1v) is 9.84. The van der Waals surface area contributed by atoms with Crippen molar-refractivity contribution in [3.05, 3.63) is 58.9 Å². The molecule has 0 aliphatic carbocycles. The molecule has 0 radical (unpaired) electrons. The molecular formula is C22H23F2N3O2. The molecule has 1 aromatic carbocycles. The van der Waals surface area contributed by atoms with Crippen molar-refractivity contribution >= 4 is 17.0 Å². The van der Waals surface area contributed by atoms with Gasteiger partial charge in [0.15, 0.2) is 0 Å². The number of piperidine rings is 1.